The second-order valence-electron chi connectivity index (χ2n) is 6.23. The summed E-state index contributed by atoms with van der Waals surface area (Å²) in [4.78, 5) is 11.8. The van der Waals surface area contributed by atoms with Gasteiger partial charge in [0.05, 0.1) is 7.11 Å². The highest BCUT2D eigenvalue weighted by molar-refractivity contribution is 6.70. The van der Waals surface area contributed by atoms with Gasteiger partial charge in [-0.3, -0.25) is 0 Å². The quantitative estimate of drug-likeness (QED) is 0.341. The van der Waals surface area contributed by atoms with Crippen molar-refractivity contribution >= 4 is 60.7 Å². The summed E-state index contributed by atoms with van der Waals surface area (Å²) >= 11 is 25.0. The number of benzene rings is 1. The predicted octanol–water partition coefficient (Wildman–Crippen LogP) is 5.84. The number of halogens is 4. The summed E-state index contributed by atoms with van der Waals surface area (Å²) in [5.41, 5.74) is -1.32. The van der Waals surface area contributed by atoms with Crippen molar-refractivity contribution in [2.24, 2.45) is 0 Å². The van der Waals surface area contributed by atoms with E-state index in [0.29, 0.717) is 0 Å². The van der Waals surface area contributed by atoms with Crippen LogP contribution < -0.4 is 9.16 Å². The van der Waals surface area contributed by atoms with Gasteiger partial charge in [0.2, 0.25) is 8.32 Å². The fourth-order valence-electron chi connectivity index (χ4n) is 1.62. The minimum absolute atomic E-state index is 0.00154. The standard InChI is InChI=1S/C14H18Cl4O4Si/c1-14(2,13(19)20-3)21-11-7(15)9(17)12(10(18)8(11)16)22-23(4,5)6/h1-6H3. The first-order valence-electron chi connectivity index (χ1n) is 6.64. The molecular weight excluding hydrogens is 402 g/mol. The molecule has 23 heavy (non-hydrogen) atoms. The van der Waals surface area contributed by atoms with Crippen LogP contribution in [0.15, 0.2) is 0 Å². The maximum atomic E-state index is 11.8. The average molecular weight is 420 g/mol. The molecule has 0 aliphatic rings. The molecule has 0 amide bonds. The molecule has 0 spiro atoms. The molecule has 0 bridgehead atoms. The molecule has 0 unspecified atom stereocenters. The molecule has 1 aromatic rings. The van der Waals surface area contributed by atoms with Gasteiger partial charge in [0.1, 0.15) is 25.8 Å². The maximum Gasteiger partial charge on any atom is 0.349 e. The Kier molecular flexibility index (Phi) is 6.55. The van der Waals surface area contributed by atoms with Gasteiger partial charge in [-0.25, -0.2) is 4.79 Å². The number of methoxy groups -OCH3 is 1. The minimum atomic E-state index is -2.00. The Morgan fingerprint density at radius 2 is 1.30 bits per heavy atom. The zero-order valence-electron chi connectivity index (χ0n) is 13.6. The van der Waals surface area contributed by atoms with E-state index >= 15 is 0 Å². The Morgan fingerprint density at radius 1 is 0.913 bits per heavy atom. The van der Waals surface area contributed by atoms with Crippen LogP contribution in [-0.2, 0) is 9.53 Å². The highest BCUT2D eigenvalue weighted by atomic mass is 35.5. The molecule has 0 fully saturated rings. The van der Waals surface area contributed by atoms with E-state index in [1.807, 2.05) is 19.6 Å². The van der Waals surface area contributed by atoms with Gasteiger partial charge >= 0.3 is 5.97 Å². The molecule has 130 valence electrons. The Bertz CT molecular complexity index is 597. The molecular formula is C14H18Cl4O4Si. The molecule has 0 saturated heterocycles. The van der Waals surface area contributed by atoms with E-state index in [1.165, 1.54) is 21.0 Å². The van der Waals surface area contributed by atoms with Gasteiger partial charge in [0, 0.05) is 0 Å². The van der Waals surface area contributed by atoms with E-state index < -0.39 is 19.9 Å². The molecule has 1 aromatic carbocycles. The molecule has 9 heteroatoms. The summed E-state index contributed by atoms with van der Waals surface area (Å²) in [6, 6.07) is 0. The van der Waals surface area contributed by atoms with Crippen molar-refractivity contribution in [3.63, 3.8) is 0 Å². The first-order valence-corrected chi connectivity index (χ1v) is 11.6. The molecule has 1 rings (SSSR count). The van der Waals surface area contributed by atoms with Crippen LogP contribution in [0.4, 0.5) is 0 Å². The van der Waals surface area contributed by atoms with Crippen molar-refractivity contribution in [2.45, 2.75) is 39.1 Å². The average Bonchev–Trinajstić information content (AvgIpc) is 2.44. The first-order chi connectivity index (χ1) is 10.3. The lowest BCUT2D eigenvalue weighted by atomic mass is 10.1. The molecule has 0 aliphatic heterocycles. The number of rotatable bonds is 5. The Labute approximate surface area is 157 Å². The van der Waals surface area contributed by atoms with E-state index in [0.717, 1.165) is 0 Å². The van der Waals surface area contributed by atoms with E-state index in [-0.39, 0.29) is 31.6 Å². The number of carbonyl (C=O) groups is 1. The highest BCUT2D eigenvalue weighted by Gasteiger charge is 2.35. The monoisotopic (exact) mass is 418 g/mol. The number of hydrogen-bond acceptors (Lipinski definition) is 4. The van der Waals surface area contributed by atoms with Gasteiger partial charge < -0.3 is 13.9 Å². The summed E-state index contributed by atoms with van der Waals surface area (Å²) in [6.45, 7) is 8.92. The van der Waals surface area contributed by atoms with Gasteiger partial charge in [0.15, 0.2) is 11.4 Å². The topological polar surface area (TPSA) is 44.8 Å². The Morgan fingerprint density at radius 3 is 1.65 bits per heavy atom. The highest BCUT2D eigenvalue weighted by Crippen LogP contribution is 2.51. The Hall–Kier alpha value is -0.333. The van der Waals surface area contributed by atoms with Crippen LogP contribution in [0, 0.1) is 0 Å². The van der Waals surface area contributed by atoms with Crippen molar-refractivity contribution < 1.29 is 18.7 Å². The van der Waals surface area contributed by atoms with Gasteiger partial charge in [0.25, 0.3) is 0 Å². The second kappa shape index (κ2) is 7.27. The minimum Gasteiger partial charge on any atom is -0.542 e. The fourth-order valence-corrected chi connectivity index (χ4v) is 3.54. The lowest BCUT2D eigenvalue weighted by Crippen LogP contribution is -2.39. The third kappa shape index (κ3) is 4.83. The van der Waals surface area contributed by atoms with Crippen LogP contribution >= 0.6 is 46.4 Å². The van der Waals surface area contributed by atoms with Crippen molar-refractivity contribution in [3.8, 4) is 11.5 Å². The first kappa shape index (κ1) is 20.7. The summed E-state index contributed by atoms with van der Waals surface area (Å²) in [5.74, 6) is -0.383. The molecule has 0 N–H and O–H groups in total. The lowest BCUT2D eigenvalue weighted by molar-refractivity contribution is -0.156. The van der Waals surface area contributed by atoms with Crippen LogP contribution in [-0.4, -0.2) is 27.0 Å². The zero-order valence-corrected chi connectivity index (χ0v) is 17.7. The number of carbonyl (C=O) groups excluding carboxylic acids is 1. The second-order valence-corrected chi connectivity index (χ2v) is 12.2. The SMILES string of the molecule is COC(=O)C(C)(C)Oc1c(Cl)c(Cl)c(O[Si](C)(C)C)c(Cl)c1Cl. The molecule has 4 nitrogen and oxygen atoms in total. The van der Waals surface area contributed by atoms with Gasteiger partial charge in [-0.05, 0) is 33.5 Å². The molecule has 0 saturated carbocycles. The van der Waals surface area contributed by atoms with Gasteiger partial charge in [-0.2, -0.15) is 0 Å². The van der Waals surface area contributed by atoms with Crippen LogP contribution in [0.2, 0.25) is 39.7 Å². The Balaban J connectivity index is 3.41. The van der Waals surface area contributed by atoms with Gasteiger partial charge in [-0.15, -0.1) is 0 Å². The molecule has 0 atom stereocenters. The maximum absolute atomic E-state index is 11.8. The van der Waals surface area contributed by atoms with Crippen LogP contribution in [0.1, 0.15) is 13.8 Å². The van der Waals surface area contributed by atoms with Crippen molar-refractivity contribution in [2.75, 3.05) is 7.11 Å². The van der Waals surface area contributed by atoms with Crippen molar-refractivity contribution in [3.05, 3.63) is 20.1 Å². The smallest absolute Gasteiger partial charge is 0.349 e. The van der Waals surface area contributed by atoms with Crippen LogP contribution in [0.25, 0.3) is 0 Å². The number of esters is 1. The largest absolute Gasteiger partial charge is 0.542 e. The van der Waals surface area contributed by atoms with E-state index in [4.69, 9.17) is 55.6 Å². The van der Waals surface area contributed by atoms with E-state index in [1.54, 1.807) is 0 Å². The summed E-state index contributed by atoms with van der Waals surface area (Å²) in [7, 11) is -0.744. The van der Waals surface area contributed by atoms with E-state index in [2.05, 4.69) is 4.74 Å². The van der Waals surface area contributed by atoms with Crippen LogP contribution in [0.5, 0.6) is 11.5 Å². The number of ether oxygens (including phenoxy) is 2. The summed E-state index contributed by atoms with van der Waals surface area (Å²) < 4.78 is 16.1. The third-order valence-corrected chi connectivity index (χ3v) is 5.08. The third-order valence-electron chi connectivity index (χ3n) is 2.63. The lowest BCUT2D eigenvalue weighted by Gasteiger charge is -2.27. The summed E-state index contributed by atoms with van der Waals surface area (Å²) in [5, 5.41) is 0.205. The summed E-state index contributed by atoms with van der Waals surface area (Å²) in [6.07, 6.45) is 0. The van der Waals surface area contributed by atoms with Crippen molar-refractivity contribution in [1.29, 1.82) is 0 Å². The van der Waals surface area contributed by atoms with Gasteiger partial charge in [-0.1, -0.05) is 46.4 Å². The van der Waals surface area contributed by atoms with Crippen molar-refractivity contribution in [1.82, 2.24) is 0 Å². The fraction of sp³-hybridized carbons (Fsp3) is 0.500. The molecule has 0 aromatic heterocycles. The zero-order chi connectivity index (χ0) is 18.2. The predicted molar refractivity (Wildman–Crippen MR) is 97.2 cm³/mol. The normalized spacial score (nSPS) is 12.1. The van der Waals surface area contributed by atoms with Crippen LogP contribution in [0.3, 0.4) is 0 Å². The molecule has 0 heterocycles. The number of hydrogen-bond donors (Lipinski definition) is 0. The molecule has 0 aliphatic carbocycles. The van der Waals surface area contributed by atoms with E-state index in [9.17, 15) is 4.79 Å². The molecule has 0 radical (unpaired) electrons.